The Morgan fingerprint density at radius 3 is 2.35 bits per heavy atom. The molecule has 0 aliphatic carbocycles. The number of aromatic nitrogens is 1. The molecule has 0 radical (unpaired) electrons. The Bertz CT molecular complexity index is 1060. The lowest BCUT2D eigenvalue weighted by Gasteiger charge is -2.15. The molecule has 3 rings (SSSR count). The Morgan fingerprint density at radius 1 is 1.10 bits per heavy atom. The number of carboxylic acids is 1. The van der Waals surface area contributed by atoms with Gasteiger partial charge in [0.2, 0.25) is 0 Å². The van der Waals surface area contributed by atoms with Gasteiger partial charge in [-0.15, -0.1) is 0 Å². The van der Waals surface area contributed by atoms with E-state index < -0.39 is 24.6 Å². The standard InChI is InChI=1S/C24H26FNO4.Mg.2H/c1-15(2)26-21-6-4-3-5-20(21)24(16-7-9-17(25)10-8-16)22(26)12-11-18(27)13-19(28)14-23(29)30;;;/h3-12,15,18-19,27-28H,13-14H2,1-2H3,(H,29,30);;;/b12-11+;;;. The SMILES string of the molecule is CC(C)n1c(/C=C/C(O)CC(O)CC(=O)O)c(-c2ccc(F)cc2)c2ccccc21.[MgH2]. The molecule has 0 saturated carbocycles. The highest BCUT2D eigenvalue weighted by Gasteiger charge is 2.19. The maximum absolute atomic E-state index is 13.5. The average molecular weight is 438 g/mol. The van der Waals surface area contributed by atoms with Crippen LogP contribution in [0, 0.1) is 5.82 Å². The lowest BCUT2D eigenvalue weighted by atomic mass is 10.0. The summed E-state index contributed by atoms with van der Waals surface area (Å²) in [6.45, 7) is 4.12. The van der Waals surface area contributed by atoms with Crippen LogP contribution in [-0.4, -0.2) is 61.1 Å². The van der Waals surface area contributed by atoms with Crippen molar-refractivity contribution in [1.29, 1.82) is 0 Å². The zero-order valence-electron chi connectivity index (χ0n) is 17.0. The normalized spacial score (nSPS) is 13.5. The third-order valence-corrected chi connectivity index (χ3v) is 5.00. The predicted molar refractivity (Wildman–Crippen MR) is 124 cm³/mol. The van der Waals surface area contributed by atoms with Crippen LogP contribution < -0.4 is 0 Å². The fourth-order valence-electron chi connectivity index (χ4n) is 3.77. The number of aliphatic hydroxyl groups is 2. The highest BCUT2D eigenvalue weighted by Crippen LogP contribution is 2.38. The molecule has 0 saturated heterocycles. The topological polar surface area (TPSA) is 82.7 Å². The molecule has 3 N–H and O–H groups in total. The summed E-state index contributed by atoms with van der Waals surface area (Å²) in [4.78, 5) is 10.7. The maximum Gasteiger partial charge on any atom is 0.316 e. The van der Waals surface area contributed by atoms with Crippen molar-refractivity contribution in [2.45, 2.75) is 44.9 Å². The van der Waals surface area contributed by atoms with Crippen molar-refractivity contribution in [3.05, 3.63) is 66.1 Å². The number of rotatable bonds is 8. The fraction of sp³-hybridized carbons (Fsp3) is 0.292. The van der Waals surface area contributed by atoms with Crippen LogP contribution in [0.4, 0.5) is 4.39 Å². The van der Waals surface area contributed by atoms with Gasteiger partial charge in [-0.25, -0.2) is 4.39 Å². The van der Waals surface area contributed by atoms with E-state index in [1.54, 1.807) is 24.3 Å². The number of benzene rings is 2. The minimum atomic E-state index is -1.13. The molecule has 1 heterocycles. The second-order valence-corrected chi connectivity index (χ2v) is 7.66. The molecule has 0 aliphatic heterocycles. The first kappa shape index (κ1) is 25.1. The van der Waals surface area contributed by atoms with Gasteiger partial charge >= 0.3 is 29.0 Å². The molecule has 3 aromatic rings. The molecular weight excluding hydrogens is 410 g/mol. The molecule has 1 aromatic heterocycles. The van der Waals surface area contributed by atoms with Crippen molar-refractivity contribution >= 4 is 46.0 Å². The Hall–Kier alpha value is -2.19. The lowest BCUT2D eigenvalue weighted by Crippen LogP contribution is -2.19. The largest absolute Gasteiger partial charge is 0.481 e. The third kappa shape index (κ3) is 5.95. The minimum Gasteiger partial charge on any atom is -0.481 e. The molecule has 2 aromatic carbocycles. The number of carbonyl (C=O) groups is 1. The van der Waals surface area contributed by atoms with Gasteiger partial charge in [-0.2, -0.15) is 0 Å². The van der Waals surface area contributed by atoms with Crippen LogP contribution in [0.5, 0.6) is 0 Å². The van der Waals surface area contributed by atoms with Gasteiger partial charge in [0, 0.05) is 34.6 Å². The average Bonchev–Trinajstić information content (AvgIpc) is 3.00. The first-order valence-electron chi connectivity index (χ1n) is 9.93. The van der Waals surface area contributed by atoms with Crippen LogP contribution in [0.25, 0.3) is 28.1 Å². The molecule has 2 unspecified atom stereocenters. The molecule has 162 valence electrons. The molecular formula is C24H28FMgNO4. The second kappa shape index (κ2) is 10.9. The van der Waals surface area contributed by atoms with E-state index in [-0.39, 0.29) is 41.3 Å². The summed E-state index contributed by atoms with van der Waals surface area (Å²) in [5.74, 6) is -1.43. The summed E-state index contributed by atoms with van der Waals surface area (Å²) in [5.41, 5.74) is 3.65. The molecule has 5 nitrogen and oxygen atoms in total. The Morgan fingerprint density at radius 2 is 1.74 bits per heavy atom. The van der Waals surface area contributed by atoms with Crippen molar-refractivity contribution in [2.75, 3.05) is 0 Å². The van der Waals surface area contributed by atoms with E-state index in [1.807, 2.05) is 24.3 Å². The Balaban J connectivity index is 0.00000341. The van der Waals surface area contributed by atoms with Crippen LogP contribution in [-0.2, 0) is 4.79 Å². The van der Waals surface area contributed by atoms with Gasteiger partial charge in [-0.1, -0.05) is 36.4 Å². The summed E-state index contributed by atoms with van der Waals surface area (Å²) in [6.07, 6.45) is 0.727. The number of hydrogen-bond acceptors (Lipinski definition) is 3. The maximum atomic E-state index is 13.5. The minimum absolute atomic E-state index is 0. The number of halogens is 1. The molecule has 0 aliphatic rings. The van der Waals surface area contributed by atoms with Crippen LogP contribution in [0.15, 0.2) is 54.6 Å². The molecule has 0 bridgehead atoms. The molecule has 31 heavy (non-hydrogen) atoms. The van der Waals surface area contributed by atoms with Gasteiger partial charge in [0.15, 0.2) is 0 Å². The van der Waals surface area contributed by atoms with Crippen LogP contribution >= 0.6 is 0 Å². The van der Waals surface area contributed by atoms with Gasteiger partial charge < -0.3 is 19.9 Å². The van der Waals surface area contributed by atoms with Gasteiger partial charge in [0.1, 0.15) is 5.82 Å². The van der Waals surface area contributed by atoms with E-state index in [0.717, 1.165) is 27.7 Å². The van der Waals surface area contributed by atoms with Crippen LogP contribution in [0.3, 0.4) is 0 Å². The van der Waals surface area contributed by atoms with E-state index in [4.69, 9.17) is 5.11 Å². The third-order valence-electron chi connectivity index (χ3n) is 5.00. The Kier molecular flexibility index (Phi) is 8.82. The number of aliphatic hydroxyl groups excluding tert-OH is 2. The zero-order chi connectivity index (χ0) is 21.8. The number of nitrogens with zero attached hydrogens (tertiary/aromatic N) is 1. The monoisotopic (exact) mass is 437 g/mol. The van der Waals surface area contributed by atoms with Crippen molar-refractivity contribution < 1.29 is 24.5 Å². The summed E-state index contributed by atoms with van der Waals surface area (Å²) in [7, 11) is 0. The molecule has 7 heteroatoms. The zero-order valence-corrected chi connectivity index (χ0v) is 17.0. The summed E-state index contributed by atoms with van der Waals surface area (Å²) >= 11 is 0. The van der Waals surface area contributed by atoms with E-state index >= 15 is 0 Å². The van der Waals surface area contributed by atoms with E-state index in [9.17, 15) is 19.4 Å². The number of carboxylic acid groups (broad SMARTS) is 1. The molecule has 2 atom stereocenters. The van der Waals surface area contributed by atoms with Gasteiger partial charge in [0.25, 0.3) is 0 Å². The molecule has 0 amide bonds. The summed E-state index contributed by atoms with van der Waals surface area (Å²) in [5, 5.41) is 29.9. The van der Waals surface area contributed by atoms with Crippen molar-refractivity contribution in [3.8, 4) is 11.1 Å². The van der Waals surface area contributed by atoms with E-state index in [1.165, 1.54) is 12.1 Å². The highest BCUT2D eigenvalue weighted by atomic mass is 24.3. The lowest BCUT2D eigenvalue weighted by molar-refractivity contribution is -0.139. The smallest absolute Gasteiger partial charge is 0.316 e. The fourth-order valence-corrected chi connectivity index (χ4v) is 3.77. The van der Waals surface area contributed by atoms with Crippen LogP contribution in [0.1, 0.15) is 38.4 Å². The number of para-hydroxylation sites is 1. The predicted octanol–water partition coefficient (Wildman–Crippen LogP) is 3.71. The first-order valence-corrected chi connectivity index (χ1v) is 9.93. The summed E-state index contributed by atoms with van der Waals surface area (Å²) in [6, 6.07) is 14.4. The van der Waals surface area contributed by atoms with Crippen LogP contribution in [0.2, 0.25) is 0 Å². The number of aliphatic carboxylic acids is 1. The van der Waals surface area contributed by atoms with Gasteiger partial charge in [0.05, 0.1) is 18.6 Å². The quantitative estimate of drug-likeness (QED) is 0.469. The van der Waals surface area contributed by atoms with Crippen molar-refractivity contribution in [1.82, 2.24) is 4.57 Å². The highest BCUT2D eigenvalue weighted by molar-refractivity contribution is 6.01. The number of fused-ring (bicyclic) bond motifs is 1. The first-order chi connectivity index (χ1) is 14.3. The van der Waals surface area contributed by atoms with E-state index in [0.29, 0.717) is 0 Å². The van der Waals surface area contributed by atoms with Gasteiger partial charge in [-0.3, -0.25) is 4.79 Å². The van der Waals surface area contributed by atoms with Crippen molar-refractivity contribution in [2.24, 2.45) is 0 Å². The second-order valence-electron chi connectivity index (χ2n) is 7.66. The summed E-state index contributed by atoms with van der Waals surface area (Å²) < 4.78 is 15.6. The van der Waals surface area contributed by atoms with Gasteiger partial charge in [-0.05, 0) is 43.7 Å². The Labute approximate surface area is 197 Å². The van der Waals surface area contributed by atoms with Crippen molar-refractivity contribution in [3.63, 3.8) is 0 Å². The van der Waals surface area contributed by atoms with E-state index in [2.05, 4.69) is 18.4 Å². The molecule has 0 spiro atoms. The number of hydrogen-bond donors (Lipinski definition) is 3. The molecule has 0 fully saturated rings.